The van der Waals surface area contributed by atoms with Gasteiger partial charge in [-0.05, 0) is 0 Å². The molecule has 0 aromatic carbocycles. The Bertz CT molecular complexity index is 408. The first-order valence-corrected chi connectivity index (χ1v) is 7.10. The van der Waals surface area contributed by atoms with Crippen molar-refractivity contribution in [2.75, 3.05) is 13.7 Å². The molecule has 17 heavy (non-hydrogen) atoms. The van der Waals surface area contributed by atoms with Gasteiger partial charge in [0.15, 0.2) is 0 Å². The molecule has 2 nitrogen and oxygen atoms in total. The van der Waals surface area contributed by atoms with Gasteiger partial charge >= 0.3 is 111 Å². The first kappa shape index (κ1) is 11.9. The summed E-state index contributed by atoms with van der Waals surface area (Å²) >= 11 is 3.04. The van der Waals surface area contributed by atoms with Gasteiger partial charge in [-0.25, -0.2) is 0 Å². The molecule has 1 aliphatic heterocycles. The zero-order valence-electron chi connectivity index (χ0n) is 10.2. The monoisotopic (exact) mass is 270 g/mol. The maximum atomic E-state index is 5.90. The second-order valence-corrected chi connectivity index (χ2v) is 5.56. The van der Waals surface area contributed by atoms with Crippen molar-refractivity contribution >= 4 is 4.57 Å². The third kappa shape index (κ3) is 1.90. The Morgan fingerprint density at radius 2 is 2.35 bits per heavy atom. The number of methoxy groups -OCH3 is 1. The molecular formula is C14H18CrO2. The van der Waals surface area contributed by atoms with Crippen molar-refractivity contribution in [3.05, 3.63) is 22.8 Å². The van der Waals surface area contributed by atoms with Gasteiger partial charge < -0.3 is 0 Å². The quantitative estimate of drug-likeness (QED) is 0.784. The topological polar surface area (TPSA) is 18.5 Å². The van der Waals surface area contributed by atoms with Gasteiger partial charge in [0.1, 0.15) is 0 Å². The van der Waals surface area contributed by atoms with E-state index in [9.17, 15) is 0 Å². The Balaban J connectivity index is 1.96. The molecule has 1 heterocycles. The predicted octanol–water partition coefficient (Wildman–Crippen LogP) is 2.53. The normalized spacial score (nSPS) is 31.9. The van der Waals surface area contributed by atoms with E-state index in [0.717, 1.165) is 11.2 Å². The minimum absolute atomic E-state index is 0.288. The predicted molar refractivity (Wildman–Crippen MR) is 63.4 cm³/mol. The molecule has 2 aliphatic carbocycles. The molecular weight excluding hydrogens is 252 g/mol. The van der Waals surface area contributed by atoms with Crippen LogP contribution in [0.3, 0.4) is 0 Å². The van der Waals surface area contributed by atoms with Gasteiger partial charge in [0, 0.05) is 0 Å². The fraction of sp³-hybridized carbons (Fsp3) is 0.643. The Labute approximate surface area is 111 Å². The Hall–Kier alpha value is -0.198. The van der Waals surface area contributed by atoms with Crippen LogP contribution < -0.4 is 0 Å². The first-order chi connectivity index (χ1) is 8.33. The van der Waals surface area contributed by atoms with Crippen molar-refractivity contribution in [1.29, 1.82) is 0 Å². The van der Waals surface area contributed by atoms with Crippen LogP contribution in [0.15, 0.2) is 22.8 Å². The number of allylic oxidation sites excluding steroid dienone is 2. The van der Waals surface area contributed by atoms with Gasteiger partial charge in [0.2, 0.25) is 0 Å². The molecule has 0 aromatic heterocycles. The molecule has 0 spiro atoms. The van der Waals surface area contributed by atoms with Crippen LogP contribution in [0.25, 0.3) is 0 Å². The molecule has 0 bridgehead atoms. The molecule has 0 N–H and O–H groups in total. The number of ether oxygens (including phenoxy) is 2. The Morgan fingerprint density at radius 1 is 1.47 bits per heavy atom. The van der Waals surface area contributed by atoms with E-state index in [1.807, 2.05) is 0 Å². The maximum absolute atomic E-state index is 5.90. The zero-order chi connectivity index (χ0) is 11.8. The third-order valence-electron chi connectivity index (χ3n) is 4.06. The van der Waals surface area contributed by atoms with E-state index in [1.165, 1.54) is 43.3 Å². The van der Waals surface area contributed by atoms with Crippen molar-refractivity contribution in [3.63, 3.8) is 0 Å². The van der Waals surface area contributed by atoms with E-state index >= 15 is 0 Å². The van der Waals surface area contributed by atoms with Crippen LogP contribution in [0.5, 0.6) is 0 Å². The second kappa shape index (κ2) is 4.82. The van der Waals surface area contributed by atoms with E-state index in [1.54, 1.807) is 12.7 Å². The summed E-state index contributed by atoms with van der Waals surface area (Å²) in [5.74, 6) is 0.626. The van der Waals surface area contributed by atoms with Gasteiger partial charge in [-0.1, -0.05) is 0 Å². The fourth-order valence-electron chi connectivity index (χ4n) is 3.28. The first-order valence-electron chi connectivity index (χ1n) is 6.46. The molecule has 0 aromatic rings. The Kier molecular flexibility index (Phi) is 3.37. The van der Waals surface area contributed by atoms with Crippen molar-refractivity contribution in [1.82, 2.24) is 0 Å². The molecule has 3 aliphatic rings. The molecule has 2 atom stereocenters. The summed E-state index contributed by atoms with van der Waals surface area (Å²) in [5, 5.41) is 0. The fourth-order valence-corrected chi connectivity index (χ4v) is 3.63. The number of hydrogen-bond acceptors (Lipinski definition) is 2. The van der Waals surface area contributed by atoms with Gasteiger partial charge in [0.05, 0.1) is 0 Å². The summed E-state index contributed by atoms with van der Waals surface area (Å²) in [6, 6.07) is 0. The van der Waals surface area contributed by atoms with Gasteiger partial charge in [0.25, 0.3) is 0 Å². The van der Waals surface area contributed by atoms with Crippen LogP contribution >= 0.6 is 0 Å². The summed E-state index contributed by atoms with van der Waals surface area (Å²) < 4.78 is 12.2. The van der Waals surface area contributed by atoms with Crippen molar-refractivity contribution in [2.24, 2.45) is 5.92 Å². The summed E-state index contributed by atoms with van der Waals surface area (Å²) in [6.45, 7) is 0.897. The van der Waals surface area contributed by atoms with Gasteiger partial charge in [-0.3, -0.25) is 0 Å². The zero-order valence-corrected chi connectivity index (χ0v) is 11.5. The second-order valence-electron chi connectivity index (χ2n) is 4.98. The number of hydrogen-bond donors (Lipinski definition) is 0. The molecule has 3 rings (SSSR count). The molecule has 1 saturated heterocycles. The molecule has 0 saturated carbocycles. The SMILES string of the molecule is CO[C](=[Cr])C1=C(C2=CCCC2)C2CCCOC12. The Morgan fingerprint density at radius 3 is 3.06 bits per heavy atom. The van der Waals surface area contributed by atoms with Gasteiger partial charge in [-0.2, -0.15) is 0 Å². The van der Waals surface area contributed by atoms with E-state index < -0.39 is 0 Å². The average molecular weight is 270 g/mol. The summed E-state index contributed by atoms with van der Waals surface area (Å²) in [4.78, 5) is 0. The van der Waals surface area contributed by atoms with Crippen LogP contribution in [0.1, 0.15) is 32.1 Å². The van der Waals surface area contributed by atoms with Gasteiger partial charge in [-0.15, -0.1) is 0 Å². The third-order valence-corrected chi connectivity index (χ3v) is 4.66. The van der Waals surface area contributed by atoms with E-state index in [2.05, 4.69) is 21.9 Å². The van der Waals surface area contributed by atoms with E-state index in [0.29, 0.717) is 5.92 Å². The molecule has 1 fully saturated rings. The van der Waals surface area contributed by atoms with Crippen LogP contribution in [0.2, 0.25) is 0 Å². The number of fused-ring (bicyclic) bond motifs is 1. The number of rotatable bonds is 3. The van der Waals surface area contributed by atoms with Crippen LogP contribution in [0, 0.1) is 5.92 Å². The van der Waals surface area contributed by atoms with E-state index in [4.69, 9.17) is 9.47 Å². The molecule has 3 heteroatoms. The molecule has 0 amide bonds. The molecule has 2 unspecified atom stereocenters. The summed E-state index contributed by atoms with van der Waals surface area (Å²) in [7, 11) is 1.73. The van der Waals surface area contributed by atoms with Crippen LogP contribution in [0.4, 0.5) is 0 Å². The summed E-state index contributed by atoms with van der Waals surface area (Å²) in [6.07, 6.45) is 8.94. The molecule has 0 radical (unpaired) electrons. The van der Waals surface area contributed by atoms with E-state index in [-0.39, 0.29) is 6.10 Å². The van der Waals surface area contributed by atoms with Crippen LogP contribution in [-0.4, -0.2) is 24.4 Å². The minimum atomic E-state index is 0.288. The van der Waals surface area contributed by atoms with Crippen LogP contribution in [-0.2, 0) is 25.3 Å². The standard InChI is InChI=1S/C14H18O2.Cr/c1-15-9-12-13(10-5-2-3-6-10)11-7-4-8-16-14(11)12;/h5,11,14H,2-4,6-8H2,1H3;. The summed E-state index contributed by atoms with van der Waals surface area (Å²) in [5.41, 5.74) is 4.38. The van der Waals surface area contributed by atoms with Crippen molar-refractivity contribution in [2.45, 2.75) is 38.2 Å². The molecule has 92 valence electrons. The van der Waals surface area contributed by atoms with Crippen molar-refractivity contribution in [3.8, 4) is 0 Å². The van der Waals surface area contributed by atoms with Crippen molar-refractivity contribution < 1.29 is 25.3 Å². The average Bonchev–Trinajstić information content (AvgIpc) is 2.84.